The molecule has 13 aromatic heterocycles. The van der Waals surface area contributed by atoms with Gasteiger partial charge in [0.25, 0.3) is 0 Å². The van der Waals surface area contributed by atoms with Crippen LogP contribution in [0.5, 0.6) is 0 Å². The Balaban J connectivity index is 0.000000252. The molecule has 15 rings (SSSR count). The number of H-pyrrole nitrogens is 1. The maximum Gasteiger partial charge on any atom is 0.493 e. The van der Waals surface area contributed by atoms with Gasteiger partial charge < -0.3 is 71.7 Å². The molecule has 2 fully saturated rings. The fourth-order valence-electron chi connectivity index (χ4n) is 11.7. The molecular formula is C83H122BBr5F2N30O13S2Si3. The number of imidazole rings is 4. The molecule has 43 nitrogen and oxygen atoms in total. The van der Waals surface area contributed by atoms with Crippen molar-refractivity contribution in [3.8, 4) is 22.5 Å². The van der Waals surface area contributed by atoms with Crippen molar-refractivity contribution in [2.24, 2.45) is 5.73 Å². The summed E-state index contributed by atoms with van der Waals surface area (Å²) in [4.78, 5) is 91.3. The number of aromatic amines is 1. The second kappa shape index (κ2) is 58.5. The highest BCUT2D eigenvalue weighted by Crippen LogP contribution is 2.29. The largest absolute Gasteiger partial charge is 0.493 e. The summed E-state index contributed by atoms with van der Waals surface area (Å²) >= 11 is 15.8. The van der Waals surface area contributed by atoms with Gasteiger partial charge in [-0.15, -0.1) is 0 Å². The van der Waals surface area contributed by atoms with Crippen molar-refractivity contribution in [3.63, 3.8) is 0 Å². The Labute approximate surface area is 852 Å². The zero-order chi connectivity index (χ0) is 102. The van der Waals surface area contributed by atoms with Crippen LogP contribution in [0.2, 0.25) is 77.1 Å². The Morgan fingerprint density at radius 2 is 1.01 bits per heavy atom. The first-order chi connectivity index (χ1) is 65.2. The van der Waals surface area contributed by atoms with Crippen LogP contribution in [-0.2, 0) is 73.5 Å². The van der Waals surface area contributed by atoms with Crippen LogP contribution in [0.4, 0.5) is 32.1 Å². The third-order valence-corrected chi connectivity index (χ3v) is 29.3. The number of esters is 1. The molecule has 0 amide bonds. The van der Waals surface area contributed by atoms with E-state index < -0.39 is 75.7 Å². The van der Waals surface area contributed by atoms with Crippen LogP contribution < -0.4 is 33.7 Å². The Hall–Kier alpha value is -9.04. The number of nitrogen functional groups attached to an aromatic ring is 3. The Kier molecular flexibility index (Phi) is 49.9. The van der Waals surface area contributed by atoms with Gasteiger partial charge in [0, 0.05) is 119 Å². The topological polar surface area (TPSA) is 579 Å². The molecule has 2 aliphatic rings. The number of sulfonamides is 2. The Morgan fingerprint density at radius 1 is 0.554 bits per heavy atom. The van der Waals surface area contributed by atoms with Gasteiger partial charge in [0.05, 0.1) is 85.7 Å². The van der Waals surface area contributed by atoms with Crippen molar-refractivity contribution in [2.75, 3.05) is 93.7 Å². The average Bonchev–Trinajstić information content (AvgIpc) is 1.52. The highest BCUT2D eigenvalue weighted by atomic mass is 79.9. The van der Waals surface area contributed by atoms with Crippen LogP contribution >= 0.6 is 79.6 Å². The molecular weight excluding hydrogens is 2220 g/mol. The molecule has 139 heavy (non-hydrogen) atoms. The van der Waals surface area contributed by atoms with Gasteiger partial charge in [0.2, 0.25) is 31.9 Å². The zero-order valence-electron chi connectivity index (χ0n) is 79.0. The molecule has 13 aromatic rings. The number of ether oxygens (including phenoxy) is 6. The van der Waals surface area contributed by atoms with E-state index in [2.05, 4.69) is 243 Å². The summed E-state index contributed by atoms with van der Waals surface area (Å²) in [5.41, 5.74) is 28.6. The fourth-order valence-corrected chi connectivity index (χ4v) is 18.1. The van der Waals surface area contributed by atoms with Crippen molar-refractivity contribution in [1.29, 1.82) is 0 Å². The maximum absolute atomic E-state index is 13.8. The van der Waals surface area contributed by atoms with Crippen LogP contribution in [0.15, 0.2) is 140 Å². The minimum atomic E-state index is -3.23. The average molecular weight is 2340 g/mol. The van der Waals surface area contributed by atoms with Gasteiger partial charge in [0.15, 0.2) is 62.6 Å². The molecule has 0 saturated carbocycles. The minimum Gasteiger partial charge on any atom is -0.423 e. The number of hydrogen-bond acceptors (Lipinski definition) is 37. The third kappa shape index (κ3) is 42.6. The summed E-state index contributed by atoms with van der Waals surface area (Å²) in [5.74, 6) is -0.0596. The van der Waals surface area contributed by atoms with Crippen LogP contribution in [0.25, 0.3) is 67.7 Å². The SMILES string of the molecule is Brc1cnc2nc[nH]c2n1.C.CCCS(=O)(=O)N1CCC[C@H](Nc2ncccc2-c2cnc3c(ncn3COCC[Si](C)(C)C)n2)C1.CCOC(OCC)OC(C)=O.CS(=O)(=O)N1CCC[C@H](N)C1.C[Si](C)(C)CCOCn1cnc2nc(-c3cccnc3F)cnc21.C[Si](C)(C)CCOCn1cnc2nc(Br)cnc21.Nc1ncc(Br)nc1Br.Nc1ncc(Br)nc1N.OB(O)c1cccnc1F. The summed E-state index contributed by atoms with van der Waals surface area (Å²) < 4.78 is 117. The lowest BCUT2D eigenvalue weighted by Crippen LogP contribution is -2.46. The number of pyridine rings is 3. The van der Waals surface area contributed by atoms with Crippen LogP contribution in [0, 0.1) is 11.9 Å². The lowest BCUT2D eigenvalue weighted by molar-refractivity contribution is -0.271. The smallest absolute Gasteiger partial charge is 0.423 e. The fraction of sp³-hybridized carbons (Fsp3) is 0.470. The summed E-state index contributed by atoms with van der Waals surface area (Å²) in [6.07, 6.45) is 25.9. The molecule has 2 aliphatic heterocycles. The monoisotopic (exact) mass is 2340 g/mol. The molecule has 0 unspecified atom stereocenters. The molecule has 12 N–H and O–H groups in total. The number of nitrogens with two attached hydrogens (primary N) is 4. The standard InChI is InChI=1S/C24H37N7O3SSi.C16H20FN5OSi.C11H17BrN4OSi.C7H14O4.C6H14N2O2S.C5H5BFNO2.C5H3BrN4.C4H3Br2N3.C4H5BrN4.CH4/c1-5-13-35(32,33)31-11-7-8-19(16-31)28-22-20(9-6-10-25-22)21-15-26-24-23(29-21)27-17-30(24)18-34-12-14-36(2,3)4;1-24(2,3)8-7-23-11-22-10-20-15-16(22)19-9-13(21-15)12-5-4-6-18-14(12)17;1-18(2,3)5-4-17-8-16-7-14-10-11(16)13-6-9(12)15-10;1-4-9-7(10-5-2)11-6(3)8;1-11(9,10)8-4-2-3-6(7)5-8;7-5-4(6(9)10)2-1-3-8-5;6-3-1-7-4-5(10-3)9-2-8-4;5-2-1-8-4(7)3(6)9-2;5-2-1-8-3(6)4(7)9-2;/h6,9-10,15,17,19H,5,7-8,11-14,16,18H2,1-4H3,(H,25,28);4-6,9-10H,7-8,11H2,1-3H3;6-7H,4-5,8H2,1-3H3;7H,4-5H2,1-3H3;6H,2-5,7H2,1H3;1-3,9-10H;1-2H,(H,7,8,9,10);1H,(H2,7,8);1H,(H2,6,8)(H2,7,9);1H4/t19-;;;;6-;;;;;/m0...0...../s1. The molecule has 2 atom stereocenters. The number of fused-ring (bicyclic) bond motifs is 4. The van der Waals surface area contributed by atoms with Gasteiger partial charge in [0.1, 0.15) is 68.0 Å². The van der Waals surface area contributed by atoms with E-state index in [0.717, 1.165) is 74.8 Å². The van der Waals surface area contributed by atoms with E-state index in [0.29, 0.717) is 157 Å². The molecule has 0 bridgehead atoms. The van der Waals surface area contributed by atoms with Gasteiger partial charge in [-0.05, 0) is 174 Å². The van der Waals surface area contributed by atoms with E-state index in [9.17, 15) is 30.4 Å². The van der Waals surface area contributed by atoms with Crippen LogP contribution in [0.3, 0.4) is 0 Å². The van der Waals surface area contributed by atoms with E-state index in [1.807, 2.05) is 28.2 Å². The van der Waals surface area contributed by atoms with E-state index in [1.165, 1.54) is 54.4 Å². The predicted molar refractivity (Wildman–Crippen MR) is 558 cm³/mol. The first kappa shape index (κ1) is 119. The van der Waals surface area contributed by atoms with Crippen molar-refractivity contribution in [2.45, 2.75) is 183 Å². The molecule has 15 heterocycles. The van der Waals surface area contributed by atoms with Gasteiger partial charge in [-0.2, -0.15) is 13.1 Å². The van der Waals surface area contributed by atoms with Crippen molar-refractivity contribution in [1.82, 2.24) is 122 Å². The van der Waals surface area contributed by atoms with Crippen molar-refractivity contribution < 1.29 is 68.9 Å². The van der Waals surface area contributed by atoms with Gasteiger partial charge in [-0.1, -0.05) is 79.3 Å². The zero-order valence-corrected chi connectivity index (χ0v) is 91.6. The first-order valence-electron chi connectivity index (χ1n) is 43.3. The van der Waals surface area contributed by atoms with Gasteiger partial charge in [-0.3, -0.25) is 18.5 Å². The first-order valence-corrected chi connectivity index (χ1v) is 61.9. The number of hydrogen-bond donors (Lipinski definition) is 8. The highest BCUT2D eigenvalue weighted by Gasteiger charge is 2.30. The Morgan fingerprint density at radius 3 is 1.47 bits per heavy atom. The second-order valence-electron chi connectivity index (χ2n) is 33.9. The van der Waals surface area contributed by atoms with Crippen molar-refractivity contribution >= 4 is 211 Å². The number of carbonyl (C=O) groups is 1. The number of carbonyl (C=O) groups excluding carboxylic acids is 1. The number of anilines is 4. The van der Waals surface area contributed by atoms with Gasteiger partial charge in [-0.25, -0.2) is 116 Å². The number of aromatic nitrogens is 23. The summed E-state index contributed by atoms with van der Waals surface area (Å²) in [5, 5.41) is 20.4. The number of piperidine rings is 2. The third-order valence-electron chi connectivity index (χ3n) is 18.8. The number of nitrogens with one attached hydrogen (secondary N) is 2. The van der Waals surface area contributed by atoms with Gasteiger partial charge >= 0.3 is 19.6 Å². The van der Waals surface area contributed by atoms with E-state index in [4.69, 9.17) is 61.7 Å². The summed E-state index contributed by atoms with van der Waals surface area (Å²) in [6.45, 7) is 33.4. The number of nitrogens with zero attached hydrogens (tertiary/aromatic N) is 24. The molecule has 0 radical (unpaired) electrons. The lowest BCUT2D eigenvalue weighted by atomic mass is 9.81. The van der Waals surface area contributed by atoms with E-state index in [-0.39, 0.29) is 42.4 Å². The quantitative estimate of drug-likeness (QED) is 0.00709. The highest BCUT2D eigenvalue weighted by molar-refractivity contribution is 9.11. The van der Waals surface area contributed by atoms with Crippen molar-refractivity contribution in [3.05, 3.63) is 152 Å². The summed E-state index contributed by atoms with van der Waals surface area (Å²) in [6, 6.07) is 13.1. The van der Waals surface area contributed by atoms with E-state index >= 15 is 0 Å². The normalized spacial score (nSPS) is 13.9. The Bertz CT molecular complexity index is 6160. The summed E-state index contributed by atoms with van der Waals surface area (Å²) in [7, 11) is -11.3. The maximum atomic E-state index is 13.8. The van der Waals surface area contributed by atoms with Crippen LogP contribution in [-0.4, -0.2) is 276 Å². The number of rotatable bonds is 29. The van der Waals surface area contributed by atoms with E-state index in [1.54, 1.807) is 91.1 Å². The molecule has 2 saturated heterocycles. The predicted octanol–water partition coefficient (Wildman–Crippen LogP) is 13.0. The molecule has 0 aromatic carbocycles. The molecule has 0 spiro atoms. The molecule has 56 heteroatoms. The molecule has 0 aliphatic carbocycles. The minimum absolute atomic E-state index is 0. The second-order valence-corrected chi connectivity index (χ2v) is 58.9. The molecule has 758 valence electrons. The van der Waals surface area contributed by atoms with Crippen LogP contribution in [0.1, 0.15) is 67.2 Å². The number of halogens is 7. The lowest BCUT2D eigenvalue weighted by Gasteiger charge is -2.32.